The van der Waals surface area contributed by atoms with Crippen LogP contribution in [0.4, 0.5) is 5.82 Å². The van der Waals surface area contributed by atoms with E-state index in [9.17, 15) is 0 Å². The van der Waals surface area contributed by atoms with E-state index in [1.165, 1.54) is 16.7 Å². The molecule has 0 spiro atoms. The van der Waals surface area contributed by atoms with Crippen molar-refractivity contribution in [3.05, 3.63) is 101 Å². The van der Waals surface area contributed by atoms with Crippen molar-refractivity contribution >= 4 is 11.4 Å². The molecule has 0 amide bonds. The molecule has 0 atom stereocenters. The van der Waals surface area contributed by atoms with Crippen molar-refractivity contribution < 1.29 is 0 Å². The average molecular weight is 351 g/mol. The highest BCUT2D eigenvalue weighted by Crippen LogP contribution is 2.32. The number of aromatic nitrogens is 1. The minimum atomic E-state index is 0.790. The number of allylic oxidation sites excluding steroid dienone is 2. The van der Waals surface area contributed by atoms with Crippen molar-refractivity contribution in [3.8, 4) is 6.07 Å². The van der Waals surface area contributed by atoms with Crippen LogP contribution in [-0.4, -0.2) is 4.98 Å². The molecule has 1 aliphatic rings. The molecular formula is C24H21N3. The van der Waals surface area contributed by atoms with Gasteiger partial charge < -0.3 is 4.90 Å². The van der Waals surface area contributed by atoms with Gasteiger partial charge in [-0.1, -0.05) is 66.7 Å². The summed E-state index contributed by atoms with van der Waals surface area (Å²) in [5.74, 6) is 0.951. The molecule has 1 aliphatic carbocycles. The van der Waals surface area contributed by atoms with Crippen LogP contribution in [0.15, 0.2) is 78.9 Å². The van der Waals surface area contributed by atoms with Gasteiger partial charge in [0.15, 0.2) is 0 Å². The summed E-state index contributed by atoms with van der Waals surface area (Å²) in [6.45, 7) is 1.58. The smallest absolute Gasteiger partial charge is 0.129 e. The lowest BCUT2D eigenvalue weighted by Crippen LogP contribution is -2.23. The molecule has 1 heterocycles. The Morgan fingerprint density at radius 3 is 2.07 bits per heavy atom. The monoisotopic (exact) mass is 351 g/mol. The van der Waals surface area contributed by atoms with E-state index in [1.54, 1.807) is 6.08 Å². The second-order valence-electron chi connectivity index (χ2n) is 6.80. The summed E-state index contributed by atoms with van der Waals surface area (Å²) in [6.07, 6.45) is 3.51. The topological polar surface area (TPSA) is 39.9 Å². The van der Waals surface area contributed by atoms with Gasteiger partial charge in [0.25, 0.3) is 0 Å². The Bertz CT molecular complexity index is 944. The molecule has 132 valence electrons. The first-order valence-electron chi connectivity index (χ1n) is 9.25. The quantitative estimate of drug-likeness (QED) is 0.597. The number of hydrogen-bond acceptors (Lipinski definition) is 3. The maximum Gasteiger partial charge on any atom is 0.129 e. The Balaban J connectivity index is 1.69. The van der Waals surface area contributed by atoms with Crippen LogP contribution in [0.3, 0.4) is 0 Å². The second kappa shape index (κ2) is 7.88. The number of aryl methyl sites for hydroxylation is 1. The molecule has 1 aromatic heterocycles. The summed E-state index contributed by atoms with van der Waals surface area (Å²) < 4.78 is 0. The highest BCUT2D eigenvalue weighted by Gasteiger charge is 2.20. The SMILES string of the molecule is N#C/C=C1\CCc2ccc(N(Cc3ccccc3)Cc3ccccc3)nc21. The standard InChI is InChI=1S/C24H21N3/c25-16-15-22-12-11-21-13-14-23(26-24(21)22)27(17-19-7-3-1-4-8-19)18-20-9-5-2-6-10-20/h1-10,13-15H,11-12,17-18H2/b22-15+. The number of pyridine rings is 1. The lowest BCUT2D eigenvalue weighted by molar-refractivity contribution is 0.782. The molecule has 4 rings (SSSR count). The molecule has 27 heavy (non-hydrogen) atoms. The van der Waals surface area contributed by atoms with Crippen molar-refractivity contribution in [1.82, 2.24) is 4.98 Å². The average Bonchev–Trinajstić information content (AvgIpc) is 3.12. The molecule has 3 aromatic rings. The molecule has 0 saturated heterocycles. The van der Waals surface area contributed by atoms with Gasteiger partial charge in [0.2, 0.25) is 0 Å². The number of rotatable bonds is 5. The van der Waals surface area contributed by atoms with Crippen molar-refractivity contribution in [3.63, 3.8) is 0 Å². The first-order chi connectivity index (χ1) is 13.3. The Labute approximate surface area is 160 Å². The summed E-state index contributed by atoms with van der Waals surface area (Å²) in [4.78, 5) is 7.25. The number of nitrogens with zero attached hydrogens (tertiary/aromatic N) is 3. The van der Waals surface area contributed by atoms with E-state index in [0.29, 0.717) is 0 Å². The van der Waals surface area contributed by atoms with Crippen LogP contribution in [-0.2, 0) is 19.5 Å². The van der Waals surface area contributed by atoms with E-state index in [0.717, 1.165) is 43.0 Å². The van der Waals surface area contributed by atoms with E-state index >= 15 is 0 Å². The number of hydrogen-bond donors (Lipinski definition) is 0. The molecular weight excluding hydrogens is 330 g/mol. The summed E-state index contributed by atoms with van der Waals surface area (Å²) in [6, 6.07) is 27.4. The number of benzene rings is 2. The fourth-order valence-electron chi connectivity index (χ4n) is 3.57. The van der Waals surface area contributed by atoms with E-state index in [2.05, 4.69) is 71.6 Å². The zero-order valence-electron chi connectivity index (χ0n) is 15.2. The molecule has 2 aromatic carbocycles. The lowest BCUT2D eigenvalue weighted by Gasteiger charge is -2.25. The van der Waals surface area contributed by atoms with Gasteiger partial charge in [0.05, 0.1) is 11.8 Å². The Morgan fingerprint density at radius 2 is 1.48 bits per heavy atom. The van der Waals surface area contributed by atoms with Crippen LogP contribution in [0.2, 0.25) is 0 Å². The van der Waals surface area contributed by atoms with Gasteiger partial charge in [0.1, 0.15) is 5.82 Å². The highest BCUT2D eigenvalue weighted by molar-refractivity contribution is 5.72. The molecule has 0 N–H and O–H groups in total. The van der Waals surface area contributed by atoms with E-state index in [4.69, 9.17) is 10.2 Å². The van der Waals surface area contributed by atoms with Crippen LogP contribution >= 0.6 is 0 Å². The molecule has 0 fully saturated rings. The van der Waals surface area contributed by atoms with E-state index in [1.807, 2.05) is 12.1 Å². The third-order valence-electron chi connectivity index (χ3n) is 4.93. The van der Waals surface area contributed by atoms with Crippen molar-refractivity contribution in [2.75, 3.05) is 4.90 Å². The normalized spacial score (nSPS) is 14.0. The molecule has 0 saturated carbocycles. The fourth-order valence-corrected chi connectivity index (χ4v) is 3.57. The van der Waals surface area contributed by atoms with Gasteiger partial charge in [-0.3, -0.25) is 0 Å². The van der Waals surface area contributed by atoms with Crippen LogP contribution in [0.1, 0.15) is 28.8 Å². The second-order valence-corrected chi connectivity index (χ2v) is 6.80. The Morgan fingerprint density at radius 1 is 0.852 bits per heavy atom. The van der Waals surface area contributed by atoms with Crippen LogP contribution in [0.5, 0.6) is 0 Å². The summed E-state index contributed by atoms with van der Waals surface area (Å²) in [5.41, 5.74) is 5.78. The highest BCUT2D eigenvalue weighted by atomic mass is 15.2. The van der Waals surface area contributed by atoms with Gasteiger partial charge in [-0.05, 0) is 41.2 Å². The van der Waals surface area contributed by atoms with E-state index in [-0.39, 0.29) is 0 Å². The molecule has 0 aliphatic heterocycles. The van der Waals surface area contributed by atoms with Gasteiger partial charge in [-0.2, -0.15) is 5.26 Å². The first kappa shape index (κ1) is 17.1. The Kier molecular flexibility index (Phi) is 4.98. The van der Waals surface area contributed by atoms with Crippen molar-refractivity contribution in [2.24, 2.45) is 0 Å². The lowest BCUT2D eigenvalue weighted by atomic mass is 10.1. The maximum absolute atomic E-state index is 9.06. The zero-order valence-corrected chi connectivity index (χ0v) is 15.2. The maximum atomic E-state index is 9.06. The predicted molar refractivity (Wildman–Crippen MR) is 109 cm³/mol. The molecule has 0 radical (unpaired) electrons. The van der Waals surface area contributed by atoms with E-state index < -0.39 is 0 Å². The first-order valence-corrected chi connectivity index (χ1v) is 9.25. The van der Waals surface area contributed by atoms with Crippen LogP contribution < -0.4 is 4.90 Å². The minimum absolute atomic E-state index is 0.790. The van der Waals surface area contributed by atoms with Crippen molar-refractivity contribution in [2.45, 2.75) is 25.9 Å². The molecule has 0 unspecified atom stereocenters. The largest absolute Gasteiger partial charge is 0.348 e. The van der Waals surface area contributed by atoms with Gasteiger partial charge in [-0.15, -0.1) is 0 Å². The molecule has 3 heteroatoms. The zero-order chi connectivity index (χ0) is 18.5. The van der Waals surface area contributed by atoms with Crippen molar-refractivity contribution in [1.29, 1.82) is 5.26 Å². The number of fused-ring (bicyclic) bond motifs is 1. The summed E-state index contributed by atoms with van der Waals surface area (Å²) >= 11 is 0. The Hall–Kier alpha value is -3.38. The predicted octanol–water partition coefficient (Wildman–Crippen LogP) is 5.14. The molecule has 3 nitrogen and oxygen atoms in total. The third-order valence-corrected chi connectivity index (χ3v) is 4.93. The van der Waals surface area contributed by atoms with Gasteiger partial charge in [0, 0.05) is 19.2 Å². The van der Waals surface area contributed by atoms with Crippen LogP contribution in [0, 0.1) is 11.3 Å². The fraction of sp³-hybridized carbons (Fsp3) is 0.167. The number of nitriles is 1. The number of anilines is 1. The molecule has 0 bridgehead atoms. The summed E-state index contributed by atoms with van der Waals surface area (Å²) in [5, 5.41) is 9.06. The van der Waals surface area contributed by atoms with Gasteiger partial charge in [-0.25, -0.2) is 4.98 Å². The minimum Gasteiger partial charge on any atom is -0.348 e. The third kappa shape index (κ3) is 3.91. The van der Waals surface area contributed by atoms with Gasteiger partial charge >= 0.3 is 0 Å². The summed E-state index contributed by atoms with van der Waals surface area (Å²) in [7, 11) is 0. The van der Waals surface area contributed by atoms with Crippen LogP contribution in [0.25, 0.3) is 5.57 Å².